The summed E-state index contributed by atoms with van der Waals surface area (Å²) >= 11 is 0. The van der Waals surface area contributed by atoms with Crippen LogP contribution < -0.4 is 16.0 Å². The highest BCUT2D eigenvalue weighted by Crippen LogP contribution is 2.49. The van der Waals surface area contributed by atoms with Gasteiger partial charge in [0.25, 0.3) is 11.8 Å². The van der Waals surface area contributed by atoms with Crippen LogP contribution in [-0.4, -0.2) is 54.2 Å². The Balaban J connectivity index is 1.24. The molecule has 1 aromatic carbocycles. The van der Waals surface area contributed by atoms with E-state index < -0.39 is 23.8 Å². The van der Waals surface area contributed by atoms with Crippen LogP contribution >= 0.6 is 0 Å². The van der Waals surface area contributed by atoms with Crippen LogP contribution in [0.2, 0.25) is 0 Å². The van der Waals surface area contributed by atoms with Crippen molar-refractivity contribution in [3.8, 4) is 0 Å². The number of benzene rings is 1. The van der Waals surface area contributed by atoms with Crippen molar-refractivity contribution in [3.63, 3.8) is 0 Å². The molecule has 4 amide bonds. The average Bonchev–Trinajstić information content (AvgIpc) is 3.36. The Labute approximate surface area is 168 Å². The van der Waals surface area contributed by atoms with E-state index in [-0.39, 0.29) is 18.7 Å². The molecule has 8 heteroatoms. The molecule has 1 aliphatic carbocycles. The Hall–Kier alpha value is -2.58. The molecule has 29 heavy (non-hydrogen) atoms. The Kier molecular flexibility index (Phi) is 4.48. The van der Waals surface area contributed by atoms with Crippen LogP contribution in [-0.2, 0) is 16.1 Å². The van der Waals surface area contributed by atoms with Gasteiger partial charge < -0.3 is 10.6 Å². The van der Waals surface area contributed by atoms with Crippen LogP contribution in [0.15, 0.2) is 18.2 Å². The molecular weight excluding hydrogens is 372 g/mol. The predicted molar refractivity (Wildman–Crippen MR) is 103 cm³/mol. The molecule has 3 fully saturated rings. The molecule has 0 radical (unpaired) electrons. The van der Waals surface area contributed by atoms with Crippen molar-refractivity contribution >= 4 is 23.6 Å². The van der Waals surface area contributed by atoms with Crippen molar-refractivity contribution in [1.82, 2.24) is 20.9 Å². The number of nitrogens with zero attached hydrogens (tertiary/aromatic N) is 1. The van der Waals surface area contributed by atoms with Gasteiger partial charge in [0.05, 0.1) is 11.1 Å². The lowest BCUT2D eigenvalue weighted by atomic mass is 10.0. The minimum atomic E-state index is -0.923. The maximum Gasteiger partial charge on any atom is 0.262 e. The summed E-state index contributed by atoms with van der Waals surface area (Å²) in [5.74, 6) is 0.475. The van der Waals surface area contributed by atoms with E-state index in [0.717, 1.165) is 47.9 Å². The van der Waals surface area contributed by atoms with E-state index in [0.29, 0.717) is 17.7 Å². The Morgan fingerprint density at radius 1 is 1.03 bits per heavy atom. The molecule has 0 spiro atoms. The SMILES string of the molecule is O=C1CCC(N2C(=O)c3ccc(CNCC4C5CCNCC54)cc3C2=O)C(=O)N1. The standard InChI is InChI=1S/C21H24N4O4/c26-18-4-3-17(19(27)24-18)25-20(28)13-2-1-11(7-14(13)21(25)29)8-23-10-16-12-5-6-22-9-15(12)16/h1-2,7,12,15-17,22-23H,3-6,8-10H2,(H,24,26,27). The number of fused-ring (bicyclic) bond motifs is 2. The summed E-state index contributed by atoms with van der Waals surface area (Å²) in [4.78, 5) is 50.1. The number of carbonyl (C=O) groups excluding carboxylic acids is 4. The lowest BCUT2D eigenvalue weighted by molar-refractivity contribution is -0.136. The number of hydrogen-bond acceptors (Lipinski definition) is 6. The van der Waals surface area contributed by atoms with Crippen molar-refractivity contribution in [1.29, 1.82) is 0 Å². The second-order valence-corrected chi connectivity index (χ2v) is 8.44. The fourth-order valence-corrected chi connectivity index (χ4v) is 5.11. The normalized spacial score (nSPS) is 30.8. The number of nitrogens with one attached hydrogen (secondary N) is 3. The van der Waals surface area contributed by atoms with Crippen LogP contribution in [0.5, 0.6) is 0 Å². The van der Waals surface area contributed by atoms with Crippen LogP contribution in [0.1, 0.15) is 45.5 Å². The summed E-state index contributed by atoms with van der Waals surface area (Å²) in [6.45, 7) is 3.82. The summed E-state index contributed by atoms with van der Waals surface area (Å²) in [6.07, 6.45) is 1.55. The summed E-state index contributed by atoms with van der Waals surface area (Å²) in [5, 5.41) is 9.14. The second-order valence-electron chi connectivity index (χ2n) is 8.44. The van der Waals surface area contributed by atoms with Crippen LogP contribution in [0, 0.1) is 17.8 Å². The molecule has 4 unspecified atom stereocenters. The number of amides is 4. The summed E-state index contributed by atoms with van der Waals surface area (Å²) in [6, 6.07) is 4.34. The zero-order valence-corrected chi connectivity index (χ0v) is 16.1. The minimum Gasteiger partial charge on any atom is -0.316 e. The van der Waals surface area contributed by atoms with Crippen LogP contribution in [0.3, 0.4) is 0 Å². The van der Waals surface area contributed by atoms with Gasteiger partial charge in [-0.15, -0.1) is 0 Å². The third-order valence-corrected chi connectivity index (χ3v) is 6.76. The molecule has 3 heterocycles. The van der Waals surface area contributed by atoms with Gasteiger partial charge in [-0.1, -0.05) is 6.07 Å². The fraction of sp³-hybridized carbons (Fsp3) is 0.524. The van der Waals surface area contributed by atoms with E-state index in [2.05, 4.69) is 16.0 Å². The van der Waals surface area contributed by atoms with Crippen molar-refractivity contribution < 1.29 is 19.2 Å². The molecule has 3 aliphatic heterocycles. The minimum absolute atomic E-state index is 0.123. The van der Waals surface area contributed by atoms with E-state index in [1.54, 1.807) is 12.1 Å². The zero-order chi connectivity index (χ0) is 20.1. The molecule has 3 N–H and O–H groups in total. The van der Waals surface area contributed by atoms with Gasteiger partial charge in [-0.05, 0) is 67.9 Å². The lowest BCUT2D eigenvalue weighted by Crippen LogP contribution is -2.54. The Morgan fingerprint density at radius 3 is 2.62 bits per heavy atom. The van der Waals surface area contributed by atoms with Crippen molar-refractivity contribution in [2.75, 3.05) is 19.6 Å². The van der Waals surface area contributed by atoms with Crippen molar-refractivity contribution in [3.05, 3.63) is 34.9 Å². The first-order chi connectivity index (χ1) is 14.0. The fourth-order valence-electron chi connectivity index (χ4n) is 5.11. The second kappa shape index (κ2) is 7.03. The number of piperidine rings is 2. The predicted octanol–water partition coefficient (Wildman–Crippen LogP) is 0.0329. The van der Waals surface area contributed by atoms with Gasteiger partial charge in [-0.2, -0.15) is 0 Å². The molecule has 0 aromatic heterocycles. The third-order valence-electron chi connectivity index (χ3n) is 6.76. The molecule has 8 nitrogen and oxygen atoms in total. The average molecular weight is 396 g/mol. The molecule has 152 valence electrons. The number of imide groups is 2. The monoisotopic (exact) mass is 396 g/mol. The van der Waals surface area contributed by atoms with Gasteiger partial charge in [0.15, 0.2) is 0 Å². The van der Waals surface area contributed by atoms with Crippen LogP contribution in [0.25, 0.3) is 0 Å². The van der Waals surface area contributed by atoms with Gasteiger partial charge >= 0.3 is 0 Å². The molecule has 2 saturated heterocycles. The van der Waals surface area contributed by atoms with E-state index in [1.165, 1.54) is 6.42 Å². The Bertz CT molecular complexity index is 902. The van der Waals surface area contributed by atoms with Gasteiger partial charge in [-0.3, -0.25) is 29.4 Å². The van der Waals surface area contributed by atoms with Gasteiger partial charge in [0.2, 0.25) is 11.8 Å². The van der Waals surface area contributed by atoms with E-state index >= 15 is 0 Å². The summed E-state index contributed by atoms with van der Waals surface area (Å²) in [7, 11) is 0. The molecule has 1 aromatic rings. The summed E-state index contributed by atoms with van der Waals surface area (Å²) in [5.41, 5.74) is 1.60. The first kappa shape index (κ1) is 18.4. The highest BCUT2D eigenvalue weighted by Gasteiger charge is 2.50. The summed E-state index contributed by atoms with van der Waals surface area (Å²) < 4.78 is 0. The first-order valence-corrected chi connectivity index (χ1v) is 10.3. The third kappa shape index (κ3) is 3.16. The molecule has 5 rings (SSSR count). The van der Waals surface area contributed by atoms with E-state index in [1.807, 2.05) is 6.07 Å². The van der Waals surface area contributed by atoms with E-state index in [4.69, 9.17) is 0 Å². The van der Waals surface area contributed by atoms with Gasteiger partial charge in [0.1, 0.15) is 6.04 Å². The first-order valence-electron chi connectivity index (χ1n) is 10.3. The molecule has 1 saturated carbocycles. The van der Waals surface area contributed by atoms with Crippen molar-refractivity contribution in [2.24, 2.45) is 17.8 Å². The number of hydrogen-bond donors (Lipinski definition) is 3. The maximum absolute atomic E-state index is 12.9. The zero-order valence-electron chi connectivity index (χ0n) is 16.1. The topological polar surface area (TPSA) is 108 Å². The highest BCUT2D eigenvalue weighted by molar-refractivity contribution is 6.23. The molecule has 0 bridgehead atoms. The van der Waals surface area contributed by atoms with E-state index in [9.17, 15) is 19.2 Å². The van der Waals surface area contributed by atoms with Gasteiger partial charge in [-0.25, -0.2) is 0 Å². The molecule has 4 aliphatic rings. The number of rotatable bonds is 5. The highest BCUT2D eigenvalue weighted by atomic mass is 16.2. The van der Waals surface area contributed by atoms with Crippen molar-refractivity contribution in [2.45, 2.75) is 31.8 Å². The number of carbonyl (C=O) groups is 4. The van der Waals surface area contributed by atoms with Crippen LogP contribution in [0.4, 0.5) is 0 Å². The van der Waals surface area contributed by atoms with Gasteiger partial charge in [0, 0.05) is 13.0 Å². The maximum atomic E-state index is 12.9. The molecular formula is C21H24N4O4. The smallest absolute Gasteiger partial charge is 0.262 e. The molecule has 4 atom stereocenters. The quantitative estimate of drug-likeness (QED) is 0.607. The Morgan fingerprint density at radius 2 is 1.86 bits per heavy atom. The largest absolute Gasteiger partial charge is 0.316 e. The lowest BCUT2D eigenvalue weighted by Gasteiger charge is -2.27.